The number of carbonyl (C=O) groups is 1. The molecule has 0 unspecified atom stereocenters. The third-order valence-corrected chi connectivity index (χ3v) is 4.51. The van der Waals surface area contributed by atoms with Crippen molar-refractivity contribution in [2.24, 2.45) is 0 Å². The van der Waals surface area contributed by atoms with Crippen LogP contribution in [0.25, 0.3) is 0 Å². The Hall–Kier alpha value is -2.13. The van der Waals surface area contributed by atoms with Gasteiger partial charge in [-0.3, -0.25) is 9.82 Å². The van der Waals surface area contributed by atoms with Crippen LogP contribution in [0, 0.1) is 13.8 Å². The van der Waals surface area contributed by atoms with Crippen LogP contribution in [0.3, 0.4) is 0 Å². The van der Waals surface area contributed by atoms with Gasteiger partial charge in [0, 0.05) is 6.20 Å². The summed E-state index contributed by atoms with van der Waals surface area (Å²) in [4.78, 5) is 14.4. The maximum Gasteiger partial charge on any atom is 0.357 e. The van der Waals surface area contributed by atoms with Crippen LogP contribution < -0.4 is 4.72 Å². The molecule has 0 bridgehead atoms. The van der Waals surface area contributed by atoms with Gasteiger partial charge in [-0.25, -0.2) is 18.2 Å². The molecule has 0 amide bonds. The molecule has 0 saturated carbocycles. The maximum atomic E-state index is 12.4. The third kappa shape index (κ3) is 2.83. The van der Waals surface area contributed by atoms with E-state index in [-0.39, 0.29) is 16.5 Å². The van der Waals surface area contributed by atoms with Crippen molar-refractivity contribution >= 4 is 33.3 Å². The molecular weight excluding hydrogens is 320 g/mol. The van der Waals surface area contributed by atoms with Gasteiger partial charge in [0.05, 0.1) is 11.4 Å². The number of carboxylic acid groups (broad SMARTS) is 1. The van der Waals surface area contributed by atoms with E-state index >= 15 is 0 Å². The lowest BCUT2D eigenvalue weighted by Crippen LogP contribution is -2.18. The number of nitrogens with zero attached hydrogens (tertiary/aromatic N) is 2. The molecule has 0 spiro atoms. The minimum atomic E-state index is -4.17. The van der Waals surface area contributed by atoms with Crippen molar-refractivity contribution in [3.8, 4) is 0 Å². The number of sulfonamides is 1. The summed E-state index contributed by atoms with van der Waals surface area (Å²) in [5.41, 5.74) is 0.169. The minimum Gasteiger partial charge on any atom is -0.476 e. The van der Waals surface area contributed by atoms with E-state index in [2.05, 4.69) is 19.9 Å². The molecule has 0 aliphatic rings. The molecular formula is C11H11ClN4O4S. The molecule has 0 radical (unpaired) electrons. The molecule has 10 heteroatoms. The zero-order valence-electron chi connectivity index (χ0n) is 11.0. The van der Waals surface area contributed by atoms with Crippen molar-refractivity contribution in [3.05, 3.63) is 34.4 Å². The summed E-state index contributed by atoms with van der Waals surface area (Å²) in [7, 11) is -4.17. The van der Waals surface area contributed by atoms with Crippen molar-refractivity contribution in [2.45, 2.75) is 18.7 Å². The lowest BCUT2D eigenvalue weighted by molar-refractivity contribution is 0.0686. The first-order valence-electron chi connectivity index (χ1n) is 5.66. The molecule has 0 saturated heterocycles. The number of aromatic carboxylic acids is 1. The maximum absolute atomic E-state index is 12.4. The number of anilines is 1. The van der Waals surface area contributed by atoms with E-state index in [1.54, 1.807) is 13.0 Å². The number of aryl methyl sites for hydroxylation is 2. The van der Waals surface area contributed by atoms with Crippen LogP contribution in [-0.2, 0) is 10.0 Å². The highest BCUT2D eigenvalue weighted by Gasteiger charge is 2.29. The van der Waals surface area contributed by atoms with Crippen LogP contribution >= 0.6 is 11.6 Å². The molecule has 8 nitrogen and oxygen atoms in total. The molecule has 0 fully saturated rings. The lowest BCUT2D eigenvalue weighted by atomic mass is 10.3. The van der Waals surface area contributed by atoms with E-state index < -0.39 is 26.6 Å². The highest BCUT2D eigenvalue weighted by atomic mass is 35.5. The fourth-order valence-electron chi connectivity index (χ4n) is 1.73. The Morgan fingerprint density at radius 3 is 2.67 bits per heavy atom. The topological polar surface area (TPSA) is 125 Å². The summed E-state index contributed by atoms with van der Waals surface area (Å²) < 4.78 is 27.0. The van der Waals surface area contributed by atoms with Gasteiger partial charge in [0.2, 0.25) is 0 Å². The minimum absolute atomic E-state index is 0.0309. The van der Waals surface area contributed by atoms with Crippen molar-refractivity contribution < 1.29 is 18.3 Å². The van der Waals surface area contributed by atoms with E-state index in [4.69, 9.17) is 16.7 Å². The molecule has 0 aliphatic carbocycles. The van der Waals surface area contributed by atoms with Crippen molar-refractivity contribution in [2.75, 3.05) is 4.72 Å². The second-order valence-electron chi connectivity index (χ2n) is 4.23. The summed E-state index contributed by atoms with van der Waals surface area (Å²) in [6, 6.07) is 1.57. The number of nitrogens with one attached hydrogen (secondary N) is 2. The van der Waals surface area contributed by atoms with Gasteiger partial charge in [0.15, 0.2) is 10.8 Å². The van der Waals surface area contributed by atoms with Gasteiger partial charge >= 0.3 is 5.97 Å². The Bertz CT molecular complexity index is 795. The quantitative estimate of drug-likeness (QED) is 0.731. The van der Waals surface area contributed by atoms with Crippen LogP contribution in [0.4, 0.5) is 5.69 Å². The summed E-state index contributed by atoms with van der Waals surface area (Å²) in [5.74, 6) is -1.45. The van der Waals surface area contributed by atoms with Crippen LogP contribution in [0.1, 0.15) is 21.7 Å². The Labute approximate surface area is 125 Å². The number of pyridine rings is 1. The molecule has 2 aromatic heterocycles. The molecule has 112 valence electrons. The second kappa shape index (κ2) is 5.34. The number of hydrogen-bond donors (Lipinski definition) is 3. The first kappa shape index (κ1) is 15.3. The molecule has 3 N–H and O–H groups in total. The Morgan fingerprint density at radius 1 is 1.43 bits per heavy atom. The Balaban J connectivity index is 2.54. The summed E-state index contributed by atoms with van der Waals surface area (Å²) in [6.45, 7) is 3.05. The molecule has 21 heavy (non-hydrogen) atoms. The molecule has 0 aromatic carbocycles. The Morgan fingerprint density at radius 2 is 2.10 bits per heavy atom. The van der Waals surface area contributed by atoms with Crippen LogP contribution in [-0.4, -0.2) is 34.7 Å². The van der Waals surface area contributed by atoms with Gasteiger partial charge in [0.1, 0.15) is 4.90 Å². The highest BCUT2D eigenvalue weighted by molar-refractivity contribution is 7.92. The van der Waals surface area contributed by atoms with Gasteiger partial charge in [-0.05, 0) is 25.5 Å². The van der Waals surface area contributed by atoms with Crippen molar-refractivity contribution in [1.29, 1.82) is 0 Å². The number of aromatic nitrogens is 3. The van der Waals surface area contributed by atoms with Crippen LogP contribution in [0.15, 0.2) is 17.2 Å². The average Bonchev–Trinajstić information content (AvgIpc) is 2.77. The first-order chi connectivity index (χ1) is 9.74. The zero-order valence-corrected chi connectivity index (χ0v) is 12.6. The van der Waals surface area contributed by atoms with E-state index in [0.717, 1.165) is 0 Å². The predicted octanol–water partition coefficient (Wildman–Crippen LogP) is 1.57. The van der Waals surface area contributed by atoms with Gasteiger partial charge in [-0.1, -0.05) is 11.6 Å². The van der Waals surface area contributed by atoms with Gasteiger partial charge in [-0.2, -0.15) is 5.10 Å². The first-order valence-corrected chi connectivity index (χ1v) is 7.52. The van der Waals surface area contributed by atoms with Crippen molar-refractivity contribution in [3.63, 3.8) is 0 Å². The number of aromatic amines is 1. The fourth-order valence-corrected chi connectivity index (χ4v) is 3.50. The van der Waals surface area contributed by atoms with E-state index in [9.17, 15) is 13.2 Å². The molecule has 0 aliphatic heterocycles. The van der Waals surface area contributed by atoms with Gasteiger partial charge in [0.25, 0.3) is 10.0 Å². The standard InChI is InChI=1S/C11H11ClN4O4S/c1-5-3-4-13-10(12)7(5)16-21(19,20)9-6(2)14-15-8(9)11(17)18/h3-4,16H,1-2H3,(H,14,15)(H,17,18). The predicted molar refractivity (Wildman–Crippen MR) is 75.1 cm³/mol. The third-order valence-electron chi connectivity index (χ3n) is 2.71. The molecule has 2 aromatic rings. The lowest BCUT2D eigenvalue weighted by Gasteiger charge is -2.11. The fraction of sp³-hybridized carbons (Fsp3) is 0.182. The van der Waals surface area contributed by atoms with E-state index in [0.29, 0.717) is 5.56 Å². The van der Waals surface area contributed by atoms with Crippen LogP contribution in [0.5, 0.6) is 0 Å². The molecule has 0 atom stereocenters. The SMILES string of the molecule is Cc1ccnc(Cl)c1NS(=O)(=O)c1c(C(=O)O)n[nH]c1C. The normalized spacial score (nSPS) is 11.4. The number of H-pyrrole nitrogens is 1. The van der Waals surface area contributed by atoms with Crippen molar-refractivity contribution in [1.82, 2.24) is 15.2 Å². The molecule has 2 rings (SSSR count). The highest BCUT2D eigenvalue weighted by Crippen LogP contribution is 2.27. The summed E-state index contributed by atoms with van der Waals surface area (Å²) >= 11 is 5.86. The molecule has 2 heterocycles. The van der Waals surface area contributed by atoms with E-state index in [1.165, 1.54) is 13.1 Å². The zero-order chi connectivity index (χ0) is 15.8. The smallest absolute Gasteiger partial charge is 0.357 e. The summed E-state index contributed by atoms with van der Waals surface area (Å²) in [5, 5.41) is 14.8. The van der Waals surface area contributed by atoms with Gasteiger partial charge < -0.3 is 5.11 Å². The van der Waals surface area contributed by atoms with Gasteiger partial charge in [-0.15, -0.1) is 0 Å². The van der Waals surface area contributed by atoms with Crippen LogP contribution in [0.2, 0.25) is 5.15 Å². The Kier molecular flexibility index (Phi) is 3.88. The number of halogens is 1. The number of carboxylic acids is 1. The monoisotopic (exact) mass is 330 g/mol. The summed E-state index contributed by atoms with van der Waals surface area (Å²) in [6.07, 6.45) is 1.43. The average molecular weight is 331 g/mol. The second-order valence-corrected chi connectivity index (χ2v) is 6.21. The largest absolute Gasteiger partial charge is 0.476 e. The number of rotatable bonds is 4. The van der Waals surface area contributed by atoms with E-state index in [1.807, 2.05) is 0 Å². The number of hydrogen-bond acceptors (Lipinski definition) is 5.